The summed E-state index contributed by atoms with van der Waals surface area (Å²) in [5.74, 6) is -0.239. The number of nitrogens with two attached hydrogens (primary N) is 1. The normalized spacial score (nSPS) is 10.3. The summed E-state index contributed by atoms with van der Waals surface area (Å²) >= 11 is 0. The Labute approximate surface area is 87.6 Å². The van der Waals surface area contributed by atoms with Crippen molar-refractivity contribution in [2.24, 2.45) is 5.73 Å². The zero-order valence-electron chi connectivity index (χ0n) is 8.15. The molecule has 2 aromatic rings. The molecule has 0 bridgehead atoms. The smallest absolute Gasteiger partial charge is 0.123 e. The van der Waals surface area contributed by atoms with Gasteiger partial charge in [-0.2, -0.15) is 0 Å². The lowest BCUT2D eigenvalue weighted by molar-refractivity contribution is 0.628. The lowest BCUT2D eigenvalue weighted by Gasteiger charge is -2.06. The minimum absolute atomic E-state index is 0.239. The van der Waals surface area contributed by atoms with Gasteiger partial charge in [-0.3, -0.25) is 4.98 Å². The second kappa shape index (κ2) is 4.19. The van der Waals surface area contributed by atoms with Crippen LogP contribution in [0, 0.1) is 5.82 Å². The maximum Gasteiger partial charge on any atom is 0.123 e. The lowest BCUT2D eigenvalue weighted by Crippen LogP contribution is -1.99. The highest BCUT2D eigenvalue weighted by molar-refractivity contribution is 5.66. The number of nitrogens with zero attached hydrogens (tertiary/aromatic N) is 1. The fourth-order valence-electron chi connectivity index (χ4n) is 1.49. The molecule has 2 N–H and O–H groups in total. The standard InChI is InChI=1S/C12H11FN2/c13-11-3-1-9(2-4-11)12-8-15-6-5-10(12)7-14/h1-6,8H,7,14H2. The van der Waals surface area contributed by atoms with Crippen LogP contribution < -0.4 is 5.73 Å². The van der Waals surface area contributed by atoms with Gasteiger partial charge >= 0.3 is 0 Å². The Morgan fingerprint density at radius 1 is 1.13 bits per heavy atom. The third kappa shape index (κ3) is 2.02. The van der Waals surface area contributed by atoms with E-state index in [0.29, 0.717) is 6.54 Å². The second-order valence-electron chi connectivity index (χ2n) is 3.24. The van der Waals surface area contributed by atoms with Crippen LogP contribution in [-0.2, 0) is 6.54 Å². The summed E-state index contributed by atoms with van der Waals surface area (Å²) in [4.78, 5) is 4.04. The first-order chi connectivity index (χ1) is 7.31. The summed E-state index contributed by atoms with van der Waals surface area (Å²) < 4.78 is 12.7. The Balaban J connectivity index is 2.49. The largest absolute Gasteiger partial charge is 0.326 e. The van der Waals surface area contributed by atoms with Gasteiger partial charge in [-0.05, 0) is 29.3 Å². The van der Waals surface area contributed by atoms with E-state index in [4.69, 9.17) is 5.73 Å². The zero-order chi connectivity index (χ0) is 10.7. The molecule has 0 radical (unpaired) electrons. The number of benzene rings is 1. The van der Waals surface area contributed by atoms with E-state index < -0.39 is 0 Å². The highest BCUT2D eigenvalue weighted by atomic mass is 19.1. The molecule has 1 heterocycles. The fourth-order valence-corrected chi connectivity index (χ4v) is 1.49. The number of pyridine rings is 1. The van der Waals surface area contributed by atoms with Gasteiger partial charge in [0.25, 0.3) is 0 Å². The first kappa shape index (κ1) is 9.80. The van der Waals surface area contributed by atoms with Crippen LogP contribution in [0.25, 0.3) is 11.1 Å². The Kier molecular flexibility index (Phi) is 2.74. The van der Waals surface area contributed by atoms with Gasteiger partial charge in [0, 0.05) is 24.5 Å². The predicted octanol–water partition coefficient (Wildman–Crippen LogP) is 2.35. The van der Waals surface area contributed by atoms with Crippen molar-refractivity contribution in [3.63, 3.8) is 0 Å². The molecule has 0 atom stereocenters. The van der Waals surface area contributed by atoms with Gasteiger partial charge in [-0.1, -0.05) is 12.1 Å². The second-order valence-corrected chi connectivity index (χ2v) is 3.24. The van der Waals surface area contributed by atoms with Gasteiger partial charge in [0.1, 0.15) is 5.82 Å². The van der Waals surface area contributed by atoms with E-state index in [0.717, 1.165) is 16.7 Å². The van der Waals surface area contributed by atoms with Crippen LogP contribution in [0.3, 0.4) is 0 Å². The summed E-state index contributed by atoms with van der Waals surface area (Å²) in [7, 11) is 0. The van der Waals surface area contributed by atoms with Crippen molar-refractivity contribution in [2.45, 2.75) is 6.54 Å². The Bertz CT molecular complexity index is 451. The monoisotopic (exact) mass is 202 g/mol. The van der Waals surface area contributed by atoms with Crippen LogP contribution in [0.4, 0.5) is 4.39 Å². The van der Waals surface area contributed by atoms with E-state index in [1.165, 1.54) is 12.1 Å². The molecule has 0 fully saturated rings. The van der Waals surface area contributed by atoms with Crippen molar-refractivity contribution < 1.29 is 4.39 Å². The lowest BCUT2D eigenvalue weighted by atomic mass is 10.0. The molecule has 0 saturated carbocycles. The van der Waals surface area contributed by atoms with Crippen molar-refractivity contribution >= 4 is 0 Å². The average Bonchev–Trinajstić information content (AvgIpc) is 2.30. The molecule has 15 heavy (non-hydrogen) atoms. The summed E-state index contributed by atoms with van der Waals surface area (Å²) in [5.41, 5.74) is 8.52. The summed E-state index contributed by atoms with van der Waals surface area (Å²) in [6.07, 6.45) is 3.45. The van der Waals surface area contributed by atoms with Crippen molar-refractivity contribution in [3.8, 4) is 11.1 Å². The topological polar surface area (TPSA) is 38.9 Å². The van der Waals surface area contributed by atoms with Crippen LogP contribution >= 0.6 is 0 Å². The molecule has 1 aromatic heterocycles. The van der Waals surface area contributed by atoms with Gasteiger partial charge in [-0.25, -0.2) is 4.39 Å². The summed E-state index contributed by atoms with van der Waals surface area (Å²) in [6.45, 7) is 0.454. The van der Waals surface area contributed by atoms with E-state index in [1.54, 1.807) is 24.5 Å². The van der Waals surface area contributed by atoms with Crippen LogP contribution in [0.5, 0.6) is 0 Å². The molecule has 0 unspecified atom stereocenters. The van der Waals surface area contributed by atoms with Crippen LogP contribution in [-0.4, -0.2) is 4.98 Å². The molecule has 1 aromatic carbocycles. The predicted molar refractivity (Wildman–Crippen MR) is 57.5 cm³/mol. The minimum Gasteiger partial charge on any atom is -0.326 e. The third-order valence-electron chi connectivity index (χ3n) is 2.29. The third-order valence-corrected chi connectivity index (χ3v) is 2.29. The Morgan fingerprint density at radius 2 is 1.87 bits per heavy atom. The molecule has 3 heteroatoms. The Morgan fingerprint density at radius 3 is 2.53 bits per heavy atom. The van der Waals surface area contributed by atoms with Crippen LogP contribution in [0.15, 0.2) is 42.7 Å². The number of aromatic nitrogens is 1. The van der Waals surface area contributed by atoms with Gasteiger partial charge in [-0.15, -0.1) is 0 Å². The van der Waals surface area contributed by atoms with Crippen molar-refractivity contribution in [1.29, 1.82) is 0 Å². The average molecular weight is 202 g/mol. The maximum absolute atomic E-state index is 12.7. The molecular formula is C12H11FN2. The van der Waals surface area contributed by atoms with Crippen molar-refractivity contribution in [2.75, 3.05) is 0 Å². The quantitative estimate of drug-likeness (QED) is 0.811. The van der Waals surface area contributed by atoms with E-state index >= 15 is 0 Å². The first-order valence-corrected chi connectivity index (χ1v) is 4.70. The first-order valence-electron chi connectivity index (χ1n) is 4.70. The van der Waals surface area contributed by atoms with Crippen molar-refractivity contribution in [1.82, 2.24) is 4.98 Å². The highest BCUT2D eigenvalue weighted by Crippen LogP contribution is 2.22. The molecule has 0 aliphatic carbocycles. The molecule has 76 valence electrons. The number of hydrogen-bond donors (Lipinski definition) is 1. The molecule has 0 saturated heterocycles. The molecule has 0 amide bonds. The van der Waals surface area contributed by atoms with E-state index in [9.17, 15) is 4.39 Å². The van der Waals surface area contributed by atoms with Gasteiger partial charge < -0.3 is 5.73 Å². The van der Waals surface area contributed by atoms with Crippen LogP contribution in [0.2, 0.25) is 0 Å². The van der Waals surface area contributed by atoms with E-state index in [1.807, 2.05) is 6.07 Å². The highest BCUT2D eigenvalue weighted by Gasteiger charge is 2.03. The SMILES string of the molecule is NCc1ccncc1-c1ccc(F)cc1. The van der Waals surface area contributed by atoms with Gasteiger partial charge in [0.2, 0.25) is 0 Å². The zero-order valence-corrected chi connectivity index (χ0v) is 8.15. The van der Waals surface area contributed by atoms with Gasteiger partial charge in [0.05, 0.1) is 0 Å². The molecule has 2 nitrogen and oxygen atoms in total. The van der Waals surface area contributed by atoms with Crippen LogP contribution in [0.1, 0.15) is 5.56 Å². The fraction of sp³-hybridized carbons (Fsp3) is 0.0833. The van der Waals surface area contributed by atoms with E-state index in [2.05, 4.69) is 4.98 Å². The molecule has 0 aliphatic rings. The molecule has 0 aliphatic heterocycles. The van der Waals surface area contributed by atoms with E-state index in [-0.39, 0.29) is 5.82 Å². The molecule has 0 spiro atoms. The Hall–Kier alpha value is -1.74. The molecular weight excluding hydrogens is 191 g/mol. The van der Waals surface area contributed by atoms with Gasteiger partial charge in [0.15, 0.2) is 0 Å². The number of hydrogen-bond acceptors (Lipinski definition) is 2. The minimum atomic E-state index is -0.239. The number of halogens is 1. The summed E-state index contributed by atoms with van der Waals surface area (Å²) in [5, 5.41) is 0. The maximum atomic E-state index is 12.7. The molecule has 2 rings (SSSR count). The summed E-state index contributed by atoms with van der Waals surface area (Å²) in [6, 6.07) is 8.20. The van der Waals surface area contributed by atoms with Crippen molar-refractivity contribution in [3.05, 3.63) is 54.1 Å². The number of rotatable bonds is 2.